The Labute approximate surface area is 122 Å². The van der Waals surface area contributed by atoms with E-state index >= 15 is 0 Å². The lowest BCUT2D eigenvalue weighted by atomic mass is 10.1. The summed E-state index contributed by atoms with van der Waals surface area (Å²) in [4.78, 5) is 25.9. The number of aliphatic hydroxyl groups excluding tert-OH is 1. The largest absolute Gasteiger partial charge is 0.459 e. The van der Waals surface area contributed by atoms with Crippen LogP contribution in [0.25, 0.3) is 0 Å². The molecule has 1 aliphatic rings. The molecular formula is C14H20N2O5. The predicted octanol–water partition coefficient (Wildman–Crippen LogP) is 0.00610. The summed E-state index contributed by atoms with van der Waals surface area (Å²) in [5, 5.41) is 11.7. The number of furan rings is 1. The number of amides is 2. The SMILES string of the molecule is CC(NC(=O)c1ccco1)C(=O)N1CC(CO)OCC1C. The van der Waals surface area contributed by atoms with Crippen molar-refractivity contribution >= 4 is 11.8 Å². The molecule has 3 unspecified atom stereocenters. The van der Waals surface area contributed by atoms with Gasteiger partial charge < -0.3 is 24.5 Å². The topological polar surface area (TPSA) is 92.0 Å². The van der Waals surface area contributed by atoms with E-state index in [0.29, 0.717) is 13.2 Å². The van der Waals surface area contributed by atoms with Gasteiger partial charge in [-0.1, -0.05) is 0 Å². The van der Waals surface area contributed by atoms with Gasteiger partial charge in [0.2, 0.25) is 5.91 Å². The van der Waals surface area contributed by atoms with Crippen LogP contribution in [0, 0.1) is 0 Å². The molecule has 2 heterocycles. The molecule has 7 heteroatoms. The van der Waals surface area contributed by atoms with Crippen molar-refractivity contribution in [2.24, 2.45) is 0 Å². The Bertz CT molecular complexity index is 488. The van der Waals surface area contributed by atoms with E-state index in [1.165, 1.54) is 12.3 Å². The third-order valence-corrected chi connectivity index (χ3v) is 3.46. The highest BCUT2D eigenvalue weighted by molar-refractivity contribution is 5.95. The summed E-state index contributed by atoms with van der Waals surface area (Å²) in [6.07, 6.45) is 1.02. The fourth-order valence-electron chi connectivity index (χ4n) is 2.22. The number of rotatable bonds is 4. The molecule has 1 saturated heterocycles. The summed E-state index contributed by atoms with van der Waals surface area (Å²) in [7, 11) is 0. The second kappa shape index (κ2) is 6.73. The summed E-state index contributed by atoms with van der Waals surface area (Å²) in [5.41, 5.74) is 0. The highest BCUT2D eigenvalue weighted by Gasteiger charge is 2.32. The lowest BCUT2D eigenvalue weighted by molar-refractivity contribution is -0.147. The monoisotopic (exact) mass is 296 g/mol. The minimum absolute atomic E-state index is 0.0942. The number of morpholine rings is 1. The number of nitrogens with zero attached hydrogens (tertiary/aromatic N) is 1. The Morgan fingerprint density at radius 3 is 2.95 bits per heavy atom. The normalized spacial score (nSPS) is 23.7. The number of carbonyl (C=O) groups excluding carboxylic acids is 2. The van der Waals surface area contributed by atoms with Crippen molar-refractivity contribution in [2.75, 3.05) is 19.8 Å². The Balaban J connectivity index is 1.96. The second-order valence-electron chi connectivity index (χ2n) is 5.15. The van der Waals surface area contributed by atoms with Gasteiger partial charge in [0.25, 0.3) is 5.91 Å². The average molecular weight is 296 g/mol. The fraction of sp³-hybridized carbons (Fsp3) is 0.571. The van der Waals surface area contributed by atoms with Crippen LogP contribution in [0.1, 0.15) is 24.4 Å². The Morgan fingerprint density at radius 2 is 2.33 bits per heavy atom. The van der Waals surface area contributed by atoms with Crippen LogP contribution < -0.4 is 5.32 Å². The van der Waals surface area contributed by atoms with E-state index in [0.717, 1.165) is 0 Å². The summed E-state index contributed by atoms with van der Waals surface area (Å²) in [5.74, 6) is -0.470. The van der Waals surface area contributed by atoms with Gasteiger partial charge in [-0.2, -0.15) is 0 Å². The van der Waals surface area contributed by atoms with Crippen molar-refractivity contribution < 1.29 is 23.8 Å². The molecule has 7 nitrogen and oxygen atoms in total. The van der Waals surface area contributed by atoms with E-state index in [2.05, 4.69) is 5.32 Å². The van der Waals surface area contributed by atoms with Crippen LogP contribution in [0.15, 0.2) is 22.8 Å². The molecule has 0 radical (unpaired) electrons. The van der Waals surface area contributed by atoms with Gasteiger partial charge in [-0.15, -0.1) is 0 Å². The molecule has 1 fully saturated rings. The summed E-state index contributed by atoms with van der Waals surface area (Å²) in [6.45, 7) is 4.04. The highest BCUT2D eigenvalue weighted by Crippen LogP contribution is 2.13. The van der Waals surface area contributed by atoms with Crippen molar-refractivity contribution in [1.29, 1.82) is 0 Å². The van der Waals surface area contributed by atoms with Crippen LogP contribution in [-0.4, -0.2) is 59.8 Å². The molecule has 2 rings (SSSR count). The maximum atomic E-state index is 12.4. The van der Waals surface area contributed by atoms with Gasteiger partial charge >= 0.3 is 0 Å². The molecule has 0 bridgehead atoms. The van der Waals surface area contributed by atoms with Gasteiger partial charge in [-0.05, 0) is 26.0 Å². The zero-order chi connectivity index (χ0) is 15.4. The number of nitrogens with one attached hydrogen (secondary N) is 1. The van der Waals surface area contributed by atoms with Crippen LogP contribution in [-0.2, 0) is 9.53 Å². The number of aliphatic hydroxyl groups is 1. The van der Waals surface area contributed by atoms with Gasteiger partial charge in [-0.25, -0.2) is 0 Å². The molecule has 1 aliphatic heterocycles. The zero-order valence-corrected chi connectivity index (χ0v) is 12.1. The minimum atomic E-state index is -0.678. The number of hydrogen-bond donors (Lipinski definition) is 2. The Hall–Kier alpha value is -1.86. The van der Waals surface area contributed by atoms with Crippen molar-refractivity contribution in [3.05, 3.63) is 24.2 Å². The van der Waals surface area contributed by atoms with E-state index in [1.807, 2.05) is 6.92 Å². The maximum Gasteiger partial charge on any atom is 0.287 e. The van der Waals surface area contributed by atoms with Gasteiger partial charge in [0.1, 0.15) is 6.04 Å². The number of ether oxygens (including phenoxy) is 1. The first kappa shape index (κ1) is 15.5. The molecule has 2 amide bonds. The Kier molecular flexibility index (Phi) is 4.98. The van der Waals surface area contributed by atoms with Crippen LogP contribution in [0.5, 0.6) is 0 Å². The second-order valence-corrected chi connectivity index (χ2v) is 5.15. The summed E-state index contributed by atoms with van der Waals surface area (Å²) >= 11 is 0. The van der Waals surface area contributed by atoms with Gasteiger partial charge in [-0.3, -0.25) is 9.59 Å². The Morgan fingerprint density at radius 1 is 1.57 bits per heavy atom. The van der Waals surface area contributed by atoms with Crippen LogP contribution in [0.2, 0.25) is 0 Å². The quantitative estimate of drug-likeness (QED) is 0.816. The van der Waals surface area contributed by atoms with E-state index in [-0.39, 0.29) is 30.4 Å². The number of carbonyl (C=O) groups is 2. The lowest BCUT2D eigenvalue weighted by Crippen LogP contribution is -2.57. The molecule has 1 aromatic heterocycles. The molecular weight excluding hydrogens is 276 g/mol. The lowest BCUT2D eigenvalue weighted by Gasteiger charge is -2.38. The highest BCUT2D eigenvalue weighted by atomic mass is 16.5. The van der Waals surface area contributed by atoms with Crippen LogP contribution >= 0.6 is 0 Å². The van der Waals surface area contributed by atoms with E-state index in [4.69, 9.17) is 14.3 Å². The van der Waals surface area contributed by atoms with E-state index in [1.54, 1.807) is 17.9 Å². The average Bonchev–Trinajstić information content (AvgIpc) is 3.01. The van der Waals surface area contributed by atoms with Gasteiger partial charge in [0.15, 0.2) is 5.76 Å². The van der Waals surface area contributed by atoms with Gasteiger partial charge in [0, 0.05) is 6.54 Å². The summed E-state index contributed by atoms with van der Waals surface area (Å²) < 4.78 is 10.4. The first-order valence-electron chi connectivity index (χ1n) is 6.90. The van der Waals surface area contributed by atoms with Crippen LogP contribution in [0.3, 0.4) is 0 Å². The number of hydrogen-bond acceptors (Lipinski definition) is 5. The van der Waals surface area contributed by atoms with Crippen molar-refractivity contribution in [3.8, 4) is 0 Å². The van der Waals surface area contributed by atoms with Gasteiger partial charge in [0.05, 0.1) is 31.6 Å². The van der Waals surface area contributed by atoms with E-state index in [9.17, 15) is 9.59 Å². The molecule has 0 aliphatic carbocycles. The smallest absolute Gasteiger partial charge is 0.287 e. The third kappa shape index (κ3) is 3.62. The molecule has 2 N–H and O–H groups in total. The fourth-order valence-corrected chi connectivity index (χ4v) is 2.22. The van der Waals surface area contributed by atoms with Crippen molar-refractivity contribution in [3.63, 3.8) is 0 Å². The molecule has 0 spiro atoms. The zero-order valence-electron chi connectivity index (χ0n) is 12.1. The van der Waals surface area contributed by atoms with E-state index < -0.39 is 11.9 Å². The van der Waals surface area contributed by atoms with Crippen molar-refractivity contribution in [1.82, 2.24) is 10.2 Å². The molecule has 116 valence electrons. The van der Waals surface area contributed by atoms with Crippen molar-refractivity contribution in [2.45, 2.75) is 32.0 Å². The minimum Gasteiger partial charge on any atom is -0.459 e. The van der Waals surface area contributed by atoms with Crippen LogP contribution in [0.4, 0.5) is 0 Å². The molecule has 21 heavy (non-hydrogen) atoms. The third-order valence-electron chi connectivity index (χ3n) is 3.46. The first-order chi connectivity index (χ1) is 10.0. The standard InChI is InChI=1S/C14H20N2O5/c1-9-8-21-11(7-17)6-16(9)14(19)10(2)15-13(18)12-4-3-5-20-12/h3-5,9-11,17H,6-8H2,1-2H3,(H,15,18). The predicted molar refractivity (Wildman–Crippen MR) is 73.6 cm³/mol. The summed E-state index contributed by atoms with van der Waals surface area (Å²) in [6, 6.07) is 2.37. The molecule has 1 aromatic rings. The first-order valence-corrected chi connectivity index (χ1v) is 6.90. The molecule has 3 atom stereocenters. The molecule has 0 aromatic carbocycles. The molecule has 0 saturated carbocycles. The maximum absolute atomic E-state index is 12.4.